The largest absolute Gasteiger partial charge is 0.478 e. The van der Waals surface area contributed by atoms with Gasteiger partial charge in [-0.3, -0.25) is 4.79 Å². The fourth-order valence-electron chi connectivity index (χ4n) is 1.22. The normalized spacial score (nSPS) is 9.41. The van der Waals surface area contributed by atoms with Crippen molar-refractivity contribution in [3.05, 3.63) is 47.7 Å². The third-order valence-corrected chi connectivity index (χ3v) is 1.97. The molecule has 0 aliphatic heterocycles. The zero-order valence-electron chi connectivity index (χ0n) is 8.64. The van der Waals surface area contributed by atoms with Crippen molar-refractivity contribution in [2.24, 2.45) is 0 Å². The van der Waals surface area contributed by atoms with Gasteiger partial charge in [0.2, 0.25) is 0 Å². The Morgan fingerprint density at radius 3 is 2.24 bits per heavy atom. The number of carbonyl (C=O) groups is 3. The number of carboxylic acids is 2. The van der Waals surface area contributed by atoms with E-state index in [-0.39, 0.29) is 16.7 Å². The number of hydrogen-bond donors (Lipinski definition) is 3. The first-order chi connectivity index (χ1) is 7.97. The van der Waals surface area contributed by atoms with Gasteiger partial charge >= 0.3 is 11.9 Å². The van der Waals surface area contributed by atoms with E-state index in [1.807, 2.05) is 0 Å². The van der Waals surface area contributed by atoms with Gasteiger partial charge in [-0.2, -0.15) is 0 Å². The van der Waals surface area contributed by atoms with Crippen LogP contribution in [-0.4, -0.2) is 28.1 Å². The van der Waals surface area contributed by atoms with Gasteiger partial charge in [-0.1, -0.05) is 6.58 Å². The van der Waals surface area contributed by atoms with Gasteiger partial charge in [0, 0.05) is 0 Å². The maximum atomic E-state index is 11.5. The fraction of sp³-hybridized carbons (Fsp3) is 0. The predicted molar refractivity (Wildman–Crippen MR) is 58.0 cm³/mol. The summed E-state index contributed by atoms with van der Waals surface area (Å²) in [5.41, 5.74) is -0.657. The van der Waals surface area contributed by atoms with E-state index in [4.69, 9.17) is 10.2 Å². The minimum absolute atomic E-state index is 0.163. The number of hydrogen-bond acceptors (Lipinski definition) is 3. The molecule has 0 unspecified atom stereocenters. The zero-order valence-corrected chi connectivity index (χ0v) is 8.64. The molecule has 0 bridgehead atoms. The maximum Gasteiger partial charge on any atom is 0.336 e. The second-order valence-electron chi connectivity index (χ2n) is 3.05. The van der Waals surface area contributed by atoms with Crippen LogP contribution in [0.3, 0.4) is 0 Å². The van der Waals surface area contributed by atoms with E-state index >= 15 is 0 Å². The molecule has 6 heteroatoms. The smallest absolute Gasteiger partial charge is 0.336 e. The average molecular weight is 235 g/mol. The fourth-order valence-corrected chi connectivity index (χ4v) is 1.22. The van der Waals surface area contributed by atoms with Gasteiger partial charge in [0.25, 0.3) is 5.91 Å². The quantitative estimate of drug-likeness (QED) is 0.720. The molecule has 0 saturated carbocycles. The van der Waals surface area contributed by atoms with Crippen LogP contribution in [0.4, 0.5) is 0 Å². The van der Waals surface area contributed by atoms with Crippen molar-refractivity contribution >= 4 is 17.8 Å². The molecular weight excluding hydrogens is 226 g/mol. The van der Waals surface area contributed by atoms with Crippen molar-refractivity contribution in [1.29, 1.82) is 0 Å². The van der Waals surface area contributed by atoms with Gasteiger partial charge in [-0.25, -0.2) is 9.59 Å². The standard InChI is InChI=1S/C11H9NO5/c1-2-12-9(13)8-5-6(10(14)15)3-4-7(8)11(16)17/h2-5H,1H2,(H,12,13)(H,14,15)(H,16,17). The third-order valence-electron chi connectivity index (χ3n) is 1.97. The van der Waals surface area contributed by atoms with Crippen LogP contribution in [0, 0.1) is 0 Å². The summed E-state index contributed by atoms with van der Waals surface area (Å²) in [7, 11) is 0. The van der Waals surface area contributed by atoms with Crippen molar-refractivity contribution in [3.8, 4) is 0 Å². The molecule has 0 fully saturated rings. The minimum atomic E-state index is -1.31. The van der Waals surface area contributed by atoms with E-state index < -0.39 is 17.8 Å². The summed E-state index contributed by atoms with van der Waals surface area (Å²) in [6.45, 7) is 3.26. The number of nitrogens with one attached hydrogen (secondary N) is 1. The lowest BCUT2D eigenvalue weighted by atomic mass is 10.0. The molecule has 0 atom stereocenters. The summed E-state index contributed by atoms with van der Waals surface area (Å²) in [5, 5.41) is 19.8. The second kappa shape index (κ2) is 4.93. The Morgan fingerprint density at radius 1 is 1.12 bits per heavy atom. The van der Waals surface area contributed by atoms with Gasteiger partial charge in [0.15, 0.2) is 0 Å². The zero-order chi connectivity index (χ0) is 13.0. The number of benzene rings is 1. The Hall–Kier alpha value is -2.63. The third kappa shape index (κ3) is 2.69. The number of aromatic carboxylic acids is 2. The van der Waals surface area contributed by atoms with E-state index in [1.165, 1.54) is 0 Å². The highest BCUT2D eigenvalue weighted by Gasteiger charge is 2.18. The maximum absolute atomic E-state index is 11.5. The van der Waals surface area contributed by atoms with Crippen LogP contribution in [0.15, 0.2) is 31.0 Å². The molecule has 3 N–H and O–H groups in total. The molecule has 0 spiro atoms. The Kier molecular flexibility index (Phi) is 3.61. The monoisotopic (exact) mass is 235 g/mol. The summed E-state index contributed by atoms with van der Waals surface area (Å²) in [6.07, 6.45) is 1.08. The molecule has 0 heterocycles. The molecular formula is C11H9NO5. The van der Waals surface area contributed by atoms with Crippen LogP contribution < -0.4 is 5.32 Å². The van der Waals surface area contributed by atoms with Gasteiger partial charge in [0.05, 0.1) is 16.7 Å². The Labute approximate surface area is 96.2 Å². The van der Waals surface area contributed by atoms with Gasteiger partial charge in [-0.15, -0.1) is 0 Å². The van der Waals surface area contributed by atoms with E-state index in [2.05, 4.69) is 11.9 Å². The molecule has 17 heavy (non-hydrogen) atoms. The van der Waals surface area contributed by atoms with Crippen molar-refractivity contribution in [2.45, 2.75) is 0 Å². The van der Waals surface area contributed by atoms with E-state index in [0.29, 0.717) is 0 Å². The lowest BCUT2D eigenvalue weighted by Crippen LogP contribution is -2.20. The lowest BCUT2D eigenvalue weighted by Gasteiger charge is -2.05. The number of amides is 1. The molecule has 0 aliphatic rings. The summed E-state index contributed by atoms with van der Waals surface area (Å²) >= 11 is 0. The van der Waals surface area contributed by atoms with Crippen LogP contribution in [0.5, 0.6) is 0 Å². The summed E-state index contributed by atoms with van der Waals surface area (Å²) < 4.78 is 0. The topological polar surface area (TPSA) is 104 Å². The molecule has 1 rings (SSSR count). The number of rotatable bonds is 4. The van der Waals surface area contributed by atoms with Gasteiger partial charge < -0.3 is 15.5 Å². The van der Waals surface area contributed by atoms with Crippen molar-refractivity contribution < 1.29 is 24.6 Å². The lowest BCUT2D eigenvalue weighted by molar-refractivity contribution is 0.0678. The Bertz CT molecular complexity index is 507. The first-order valence-corrected chi connectivity index (χ1v) is 4.49. The molecule has 1 amide bonds. The molecule has 1 aromatic rings. The van der Waals surface area contributed by atoms with Crippen molar-refractivity contribution in [1.82, 2.24) is 5.32 Å². The van der Waals surface area contributed by atoms with Crippen LogP contribution >= 0.6 is 0 Å². The molecule has 0 aromatic heterocycles. The Morgan fingerprint density at radius 2 is 1.76 bits per heavy atom. The SMILES string of the molecule is C=CNC(=O)c1cc(C(=O)O)ccc1C(=O)O. The predicted octanol–water partition coefficient (Wildman–Crippen LogP) is 0.956. The molecule has 0 radical (unpaired) electrons. The van der Waals surface area contributed by atoms with Gasteiger partial charge in [0.1, 0.15) is 0 Å². The molecule has 0 aliphatic carbocycles. The van der Waals surface area contributed by atoms with Crippen LogP contribution in [0.2, 0.25) is 0 Å². The number of carboxylic acid groups (broad SMARTS) is 2. The molecule has 88 valence electrons. The molecule has 6 nitrogen and oxygen atoms in total. The number of carbonyl (C=O) groups excluding carboxylic acids is 1. The highest BCUT2D eigenvalue weighted by atomic mass is 16.4. The van der Waals surface area contributed by atoms with Crippen molar-refractivity contribution in [3.63, 3.8) is 0 Å². The second-order valence-corrected chi connectivity index (χ2v) is 3.05. The van der Waals surface area contributed by atoms with Crippen molar-refractivity contribution in [2.75, 3.05) is 0 Å². The van der Waals surface area contributed by atoms with Crippen LogP contribution in [-0.2, 0) is 0 Å². The highest BCUT2D eigenvalue weighted by molar-refractivity contribution is 6.06. The summed E-state index contributed by atoms with van der Waals surface area (Å²) in [5.74, 6) is -3.27. The Balaban J connectivity index is 3.34. The summed E-state index contributed by atoms with van der Waals surface area (Å²) in [6, 6.07) is 3.20. The molecule has 0 saturated heterocycles. The minimum Gasteiger partial charge on any atom is -0.478 e. The molecule has 1 aromatic carbocycles. The van der Waals surface area contributed by atoms with Gasteiger partial charge in [-0.05, 0) is 24.4 Å². The van der Waals surface area contributed by atoms with E-state index in [0.717, 1.165) is 24.4 Å². The summed E-state index contributed by atoms with van der Waals surface area (Å²) in [4.78, 5) is 33.1. The van der Waals surface area contributed by atoms with Crippen LogP contribution in [0.25, 0.3) is 0 Å². The highest BCUT2D eigenvalue weighted by Crippen LogP contribution is 2.12. The van der Waals surface area contributed by atoms with Crippen LogP contribution in [0.1, 0.15) is 31.1 Å². The van der Waals surface area contributed by atoms with E-state index in [1.54, 1.807) is 0 Å². The average Bonchev–Trinajstić information content (AvgIpc) is 2.28. The van der Waals surface area contributed by atoms with E-state index in [9.17, 15) is 14.4 Å². The first-order valence-electron chi connectivity index (χ1n) is 4.49. The first kappa shape index (κ1) is 12.4.